The summed E-state index contributed by atoms with van der Waals surface area (Å²) in [4.78, 5) is 10.1. The average molecular weight is 212 g/mol. The van der Waals surface area contributed by atoms with Gasteiger partial charge in [0.1, 0.15) is 0 Å². The van der Waals surface area contributed by atoms with E-state index in [1.807, 2.05) is 22.6 Å². The Kier molecular flexibility index (Phi) is 4.07. The van der Waals surface area contributed by atoms with Gasteiger partial charge in [-0.15, -0.1) is 0 Å². The number of rotatable bonds is 1. The molecule has 0 N–H and O–H groups in total. The van der Waals surface area contributed by atoms with Crippen LogP contribution in [0.2, 0.25) is 0 Å². The molecule has 2 nitrogen and oxygen atoms in total. The summed E-state index contributed by atoms with van der Waals surface area (Å²) in [5.74, 6) is -0.311. The van der Waals surface area contributed by atoms with Gasteiger partial charge in [-0.25, -0.2) is 4.79 Å². The summed E-state index contributed by atoms with van der Waals surface area (Å²) in [6.45, 7) is 0. The number of hydrogen-bond acceptors (Lipinski definition) is 2. The second-order valence-electron chi connectivity index (χ2n) is 0.816. The Labute approximate surface area is 55.7 Å². The lowest BCUT2D eigenvalue weighted by Crippen LogP contribution is -1.91. The van der Waals surface area contributed by atoms with E-state index in [4.69, 9.17) is 0 Å². The van der Waals surface area contributed by atoms with Crippen molar-refractivity contribution < 1.29 is 9.53 Å². The Morgan fingerprint density at radius 3 is 2.57 bits per heavy atom. The van der Waals surface area contributed by atoms with E-state index in [0.717, 1.165) is 0 Å². The predicted molar refractivity (Wildman–Crippen MR) is 35.2 cm³/mol. The Bertz CT molecular complexity index is 87.7. The van der Waals surface area contributed by atoms with Crippen LogP contribution in [0.5, 0.6) is 0 Å². The predicted octanol–water partition coefficient (Wildman–Crippen LogP) is 1.11. The molecule has 0 aromatic rings. The second-order valence-corrected chi connectivity index (χ2v) is 1.53. The summed E-state index contributed by atoms with van der Waals surface area (Å²) in [6.07, 6.45) is 1.35. The van der Waals surface area contributed by atoms with E-state index in [2.05, 4.69) is 4.74 Å². The molecule has 0 aromatic carbocycles. The smallest absolute Gasteiger partial charge is 0.330 e. The van der Waals surface area contributed by atoms with Gasteiger partial charge in [0.25, 0.3) is 0 Å². The fourth-order valence-corrected chi connectivity index (χ4v) is 0.413. The van der Waals surface area contributed by atoms with Gasteiger partial charge in [-0.2, -0.15) is 0 Å². The highest BCUT2D eigenvalue weighted by Crippen LogP contribution is 1.84. The van der Waals surface area contributed by atoms with E-state index >= 15 is 0 Å². The fraction of sp³-hybridized carbons (Fsp3) is 0.250. The van der Waals surface area contributed by atoms with Crippen molar-refractivity contribution >= 4 is 28.6 Å². The molecule has 7 heavy (non-hydrogen) atoms. The molecule has 0 rings (SSSR count). The van der Waals surface area contributed by atoms with Gasteiger partial charge in [0.2, 0.25) is 0 Å². The molecule has 0 radical (unpaired) electrons. The Morgan fingerprint density at radius 1 is 1.86 bits per heavy atom. The lowest BCUT2D eigenvalue weighted by atomic mass is 10.7. The number of methoxy groups -OCH3 is 1. The van der Waals surface area contributed by atoms with E-state index in [0.29, 0.717) is 0 Å². The molecule has 3 heteroatoms. The minimum absolute atomic E-state index is 0.311. The van der Waals surface area contributed by atoms with Gasteiger partial charge in [0.15, 0.2) is 0 Å². The van der Waals surface area contributed by atoms with Crippen molar-refractivity contribution in [3.8, 4) is 0 Å². The zero-order valence-electron chi connectivity index (χ0n) is 3.85. The first-order valence-electron chi connectivity index (χ1n) is 1.66. The third-order valence-electron chi connectivity index (χ3n) is 0.400. The molecule has 0 aliphatic carbocycles. The summed E-state index contributed by atoms with van der Waals surface area (Å²) in [5, 5.41) is 0. The van der Waals surface area contributed by atoms with Gasteiger partial charge in [-0.05, 0) is 4.08 Å². The molecular formula is C4H5IO2. The molecule has 0 amide bonds. The summed E-state index contributed by atoms with van der Waals surface area (Å²) in [6, 6.07) is 0. The lowest BCUT2D eigenvalue weighted by Gasteiger charge is -1.84. The Hall–Kier alpha value is -0.0600. The first-order valence-corrected chi connectivity index (χ1v) is 2.90. The van der Waals surface area contributed by atoms with Crippen LogP contribution >= 0.6 is 22.6 Å². The molecule has 0 saturated heterocycles. The van der Waals surface area contributed by atoms with Gasteiger partial charge in [0.05, 0.1) is 7.11 Å². The minimum Gasteiger partial charge on any atom is -0.466 e. The van der Waals surface area contributed by atoms with Crippen molar-refractivity contribution in [3.05, 3.63) is 10.2 Å². The average Bonchev–Trinajstić information content (AvgIpc) is 1.68. The summed E-state index contributed by atoms with van der Waals surface area (Å²) < 4.78 is 5.86. The van der Waals surface area contributed by atoms with E-state index in [1.54, 1.807) is 4.08 Å². The molecule has 0 saturated carbocycles. The lowest BCUT2D eigenvalue weighted by molar-refractivity contribution is -0.134. The highest BCUT2D eigenvalue weighted by atomic mass is 127. The molecule has 0 bridgehead atoms. The molecule has 0 aliphatic rings. The van der Waals surface area contributed by atoms with Crippen LogP contribution in [0.15, 0.2) is 10.2 Å². The summed E-state index contributed by atoms with van der Waals surface area (Å²) in [5.41, 5.74) is 0. The summed E-state index contributed by atoms with van der Waals surface area (Å²) in [7, 11) is 1.35. The maximum atomic E-state index is 10.1. The molecule has 0 heterocycles. The van der Waals surface area contributed by atoms with E-state index in [1.165, 1.54) is 13.2 Å². The van der Waals surface area contributed by atoms with E-state index in [-0.39, 0.29) is 5.97 Å². The first kappa shape index (κ1) is 6.94. The monoisotopic (exact) mass is 212 g/mol. The second kappa shape index (κ2) is 4.11. The standard InChI is InChI=1S/C4H5IO2/c1-7-4(6)2-3-5/h2-3H,1H3/b3-2+. The fourth-order valence-electron chi connectivity index (χ4n) is 0.119. The van der Waals surface area contributed by atoms with Crippen LogP contribution in [0.25, 0.3) is 0 Å². The molecule has 0 spiro atoms. The summed E-state index contributed by atoms with van der Waals surface area (Å²) >= 11 is 1.94. The van der Waals surface area contributed by atoms with Crippen LogP contribution in [-0.2, 0) is 9.53 Å². The molecule has 0 aliphatic heterocycles. The van der Waals surface area contributed by atoms with Gasteiger partial charge in [-0.1, -0.05) is 22.6 Å². The Morgan fingerprint density at radius 2 is 2.43 bits per heavy atom. The number of esters is 1. The van der Waals surface area contributed by atoms with Crippen molar-refractivity contribution in [1.82, 2.24) is 0 Å². The van der Waals surface area contributed by atoms with Crippen LogP contribution in [-0.4, -0.2) is 13.1 Å². The third kappa shape index (κ3) is 3.78. The van der Waals surface area contributed by atoms with E-state index < -0.39 is 0 Å². The van der Waals surface area contributed by atoms with Crippen molar-refractivity contribution in [2.75, 3.05) is 7.11 Å². The van der Waals surface area contributed by atoms with Crippen molar-refractivity contribution in [2.45, 2.75) is 0 Å². The van der Waals surface area contributed by atoms with Crippen molar-refractivity contribution in [3.63, 3.8) is 0 Å². The van der Waals surface area contributed by atoms with Gasteiger partial charge < -0.3 is 4.74 Å². The zero-order chi connectivity index (χ0) is 5.70. The largest absolute Gasteiger partial charge is 0.466 e. The van der Waals surface area contributed by atoms with Crippen LogP contribution in [0, 0.1) is 0 Å². The molecule has 0 atom stereocenters. The Balaban J connectivity index is 3.37. The molecule has 0 unspecified atom stereocenters. The number of carbonyl (C=O) groups is 1. The van der Waals surface area contributed by atoms with Gasteiger partial charge in [0, 0.05) is 6.08 Å². The maximum Gasteiger partial charge on any atom is 0.330 e. The zero-order valence-corrected chi connectivity index (χ0v) is 6.01. The van der Waals surface area contributed by atoms with E-state index in [9.17, 15) is 4.79 Å². The number of ether oxygens (including phenoxy) is 1. The van der Waals surface area contributed by atoms with Crippen LogP contribution < -0.4 is 0 Å². The highest BCUT2D eigenvalue weighted by Gasteiger charge is 1.84. The molecule has 0 aromatic heterocycles. The highest BCUT2D eigenvalue weighted by molar-refractivity contribution is 14.1. The number of halogens is 1. The topological polar surface area (TPSA) is 26.3 Å². The van der Waals surface area contributed by atoms with Crippen molar-refractivity contribution in [2.24, 2.45) is 0 Å². The normalized spacial score (nSPS) is 9.43. The molecular weight excluding hydrogens is 207 g/mol. The van der Waals surface area contributed by atoms with Crippen molar-refractivity contribution in [1.29, 1.82) is 0 Å². The number of carbonyl (C=O) groups excluding carboxylic acids is 1. The van der Waals surface area contributed by atoms with Gasteiger partial charge >= 0.3 is 5.97 Å². The molecule has 40 valence electrons. The van der Waals surface area contributed by atoms with Crippen LogP contribution in [0.4, 0.5) is 0 Å². The molecule has 0 fully saturated rings. The minimum atomic E-state index is -0.311. The number of hydrogen-bond donors (Lipinski definition) is 0. The van der Waals surface area contributed by atoms with Crippen LogP contribution in [0.3, 0.4) is 0 Å². The first-order chi connectivity index (χ1) is 3.31. The third-order valence-corrected chi connectivity index (χ3v) is 0.760. The van der Waals surface area contributed by atoms with Gasteiger partial charge in [-0.3, -0.25) is 0 Å². The quantitative estimate of drug-likeness (QED) is 0.369. The van der Waals surface area contributed by atoms with Crippen LogP contribution in [0.1, 0.15) is 0 Å². The maximum absolute atomic E-state index is 10.1. The SMILES string of the molecule is COC(=O)/C=C/I.